The van der Waals surface area contributed by atoms with E-state index in [0.29, 0.717) is 18.5 Å². The van der Waals surface area contributed by atoms with Crippen molar-refractivity contribution in [3.05, 3.63) is 0 Å². The summed E-state index contributed by atoms with van der Waals surface area (Å²) in [6, 6.07) is 0.352. The maximum Gasteiger partial charge on any atom is 0.234 e. The number of rotatable bonds is 4. The van der Waals surface area contributed by atoms with Crippen molar-refractivity contribution in [1.29, 1.82) is 0 Å². The van der Waals surface area contributed by atoms with Gasteiger partial charge in [0.25, 0.3) is 0 Å². The van der Waals surface area contributed by atoms with Crippen LogP contribution >= 0.6 is 0 Å². The van der Waals surface area contributed by atoms with Crippen molar-refractivity contribution in [2.45, 2.75) is 45.1 Å². The normalized spacial score (nSPS) is 24.7. The summed E-state index contributed by atoms with van der Waals surface area (Å²) >= 11 is 0. The Morgan fingerprint density at radius 2 is 2.06 bits per heavy atom. The minimum Gasteiger partial charge on any atom is -0.352 e. The van der Waals surface area contributed by atoms with Gasteiger partial charge in [-0.1, -0.05) is 12.8 Å². The lowest BCUT2D eigenvalue weighted by atomic mass is 10.00. The lowest BCUT2D eigenvalue weighted by molar-refractivity contribution is -0.123. The summed E-state index contributed by atoms with van der Waals surface area (Å²) < 4.78 is 0. The molecule has 4 nitrogen and oxygen atoms in total. The van der Waals surface area contributed by atoms with Crippen LogP contribution in [-0.2, 0) is 4.79 Å². The molecule has 2 fully saturated rings. The Morgan fingerprint density at radius 3 is 2.83 bits per heavy atom. The van der Waals surface area contributed by atoms with Crippen molar-refractivity contribution in [2.24, 2.45) is 5.92 Å². The molecule has 1 amide bonds. The van der Waals surface area contributed by atoms with Crippen LogP contribution in [0.3, 0.4) is 0 Å². The summed E-state index contributed by atoms with van der Waals surface area (Å²) in [5.74, 6) is 0.913. The summed E-state index contributed by atoms with van der Waals surface area (Å²) in [6.07, 6.45) is 6.39. The quantitative estimate of drug-likeness (QED) is 0.785. The molecule has 0 bridgehead atoms. The molecule has 2 rings (SSSR count). The van der Waals surface area contributed by atoms with Crippen LogP contribution in [0.5, 0.6) is 0 Å². The Bertz CT molecular complexity index is 250. The van der Waals surface area contributed by atoms with Gasteiger partial charge in [0, 0.05) is 19.1 Å². The molecule has 1 heterocycles. The van der Waals surface area contributed by atoms with E-state index in [2.05, 4.69) is 22.5 Å². The maximum atomic E-state index is 12.0. The maximum absolute atomic E-state index is 12.0. The predicted octanol–water partition coefficient (Wildman–Crippen LogP) is 0.977. The molecule has 18 heavy (non-hydrogen) atoms. The molecule has 0 unspecified atom stereocenters. The molecule has 2 aliphatic rings. The monoisotopic (exact) mass is 253 g/mol. The third-order valence-electron chi connectivity index (χ3n) is 4.30. The Labute approximate surface area is 110 Å². The molecule has 1 aliphatic carbocycles. The van der Waals surface area contributed by atoms with Crippen LogP contribution < -0.4 is 10.6 Å². The van der Waals surface area contributed by atoms with Crippen molar-refractivity contribution in [1.82, 2.24) is 15.5 Å². The summed E-state index contributed by atoms with van der Waals surface area (Å²) in [4.78, 5) is 14.3. The molecule has 0 spiro atoms. The Morgan fingerprint density at radius 1 is 1.28 bits per heavy atom. The average molecular weight is 253 g/mol. The van der Waals surface area contributed by atoms with Gasteiger partial charge in [0.15, 0.2) is 0 Å². The van der Waals surface area contributed by atoms with Gasteiger partial charge in [-0.2, -0.15) is 0 Å². The number of nitrogens with zero attached hydrogens (tertiary/aromatic N) is 1. The number of hydrogen-bond donors (Lipinski definition) is 2. The van der Waals surface area contributed by atoms with E-state index in [0.717, 1.165) is 32.6 Å². The van der Waals surface area contributed by atoms with Crippen LogP contribution in [0.2, 0.25) is 0 Å². The van der Waals surface area contributed by atoms with Gasteiger partial charge in [0.1, 0.15) is 0 Å². The highest BCUT2D eigenvalue weighted by molar-refractivity contribution is 5.78. The van der Waals surface area contributed by atoms with Crippen molar-refractivity contribution in [3.8, 4) is 0 Å². The molecule has 0 aromatic heterocycles. The highest BCUT2D eigenvalue weighted by Crippen LogP contribution is 2.27. The fourth-order valence-electron chi connectivity index (χ4n) is 3.14. The van der Waals surface area contributed by atoms with E-state index < -0.39 is 0 Å². The SMILES string of the molecule is C[C@H](NC(=O)CN1CCCNCC1)C1CCCC1. The number of carbonyl (C=O) groups excluding carboxylic acids is 1. The largest absolute Gasteiger partial charge is 0.352 e. The van der Waals surface area contributed by atoms with E-state index in [1.54, 1.807) is 0 Å². The fourth-order valence-corrected chi connectivity index (χ4v) is 3.14. The third-order valence-corrected chi connectivity index (χ3v) is 4.30. The Balaban J connectivity index is 1.70. The van der Waals surface area contributed by atoms with Gasteiger partial charge in [-0.05, 0) is 45.2 Å². The van der Waals surface area contributed by atoms with Gasteiger partial charge in [-0.15, -0.1) is 0 Å². The smallest absolute Gasteiger partial charge is 0.234 e. The molecule has 104 valence electrons. The predicted molar refractivity (Wildman–Crippen MR) is 73.5 cm³/mol. The number of amides is 1. The van der Waals surface area contributed by atoms with Crippen molar-refractivity contribution >= 4 is 5.91 Å². The molecule has 1 saturated carbocycles. The average Bonchev–Trinajstić information content (AvgIpc) is 2.76. The molecule has 0 radical (unpaired) electrons. The second-order valence-electron chi connectivity index (χ2n) is 5.78. The standard InChI is InChI=1S/C14H27N3O/c1-12(13-5-2-3-6-13)16-14(18)11-17-9-4-7-15-8-10-17/h12-13,15H,2-11H2,1H3,(H,16,18)/t12-/m0/s1. The van der Waals surface area contributed by atoms with Crippen molar-refractivity contribution in [2.75, 3.05) is 32.7 Å². The first-order valence-corrected chi connectivity index (χ1v) is 7.48. The lowest BCUT2D eigenvalue weighted by Gasteiger charge is -2.23. The Kier molecular flexibility index (Phi) is 5.45. The van der Waals surface area contributed by atoms with E-state index in [1.807, 2.05) is 0 Å². The van der Waals surface area contributed by atoms with Crippen LogP contribution in [-0.4, -0.2) is 49.6 Å². The molecule has 1 saturated heterocycles. The number of nitrogens with one attached hydrogen (secondary N) is 2. The molecule has 2 N–H and O–H groups in total. The minimum absolute atomic E-state index is 0.205. The first-order valence-electron chi connectivity index (χ1n) is 7.48. The lowest BCUT2D eigenvalue weighted by Crippen LogP contribution is -2.44. The van der Waals surface area contributed by atoms with Crippen molar-refractivity contribution in [3.63, 3.8) is 0 Å². The minimum atomic E-state index is 0.205. The highest BCUT2D eigenvalue weighted by Gasteiger charge is 2.23. The summed E-state index contributed by atoms with van der Waals surface area (Å²) in [5.41, 5.74) is 0. The topological polar surface area (TPSA) is 44.4 Å². The molecule has 0 aromatic carbocycles. The molecular weight excluding hydrogens is 226 g/mol. The van der Waals surface area contributed by atoms with Gasteiger partial charge < -0.3 is 10.6 Å². The van der Waals surface area contributed by atoms with Gasteiger partial charge >= 0.3 is 0 Å². The van der Waals surface area contributed by atoms with Crippen molar-refractivity contribution < 1.29 is 4.79 Å². The van der Waals surface area contributed by atoms with E-state index >= 15 is 0 Å². The van der Waals surface area contributed by atoms with Crippen LogP contribution in [0, 0.1) is 5.92 Å². The van der Waals surface area contributed by atoms with Crippen LogP contribution in [0.15, 0.2) is 0 Å². The van der Waals surface area contributed by atoms with Crippen LogP contribution in [0.1, 0.15) is 39.0 Å². The van der Waals surface area contributed by atoms with Gasteiger partial charge in [0.2, 0.25) is 5.91 Å². The zero-order valence-electron chi connectivity index (χ0n) is 11.6. The van der Waals surface area contributed by atoms with Gasteiger partial charge in [0.05, 0.1) is 6.54 Å². The van der Waals surface area contributed by atoms with E-state index in [1.165, 1.54) is 25.7 Å². The summed E-state index contributed by atoms with van der Waals surface area (Å²) in [5, 5.41) is 6.55. The molecule has 1 atom stereocenters. The number of carbonyl (C=O) groups is 1. The Hall–Kier alpha value is -0.610. The first-order chi connectivity index (χ1) is 8.75. The second kappa shape index (κ2) is 7.10. The zero-order chi connectivity index (χ0) is 12.8. The van der Waals surface area contributed by atoms with Crippen LogP contribution in [0.4, 0.5) is 0 Å². The second-order valence-corrected chi connectivity index (χ2v) is 5.78. The van der Waals surface area contributed by atoms with Gasteiger partial charge in [-0.3, -0.25) is 9.69 Å². The zero-order valence-corrected chi connectivity index (χ0v) is 11.6. The summed E-state index contributed by atoms with van der Waals surface area (Å²) in [6.45, 7) is 6.85. The molecular formula is C14H27N3O. The van der Waals surface area contributed by atoms with E-state index in [9.17, 15) is 4.79 Å². The highest BCUT2D eigenvalue weighted by atomic mass is 16.2. The van der Waals surface area contributed by atoms with Gasteiger partial charge in [-0.25, -0.2) is 0 Å². The van der Waals surface area contributed by atoms with E-state index in [4.69, 9.17) is 0 Å². The molecule has 1 aliphatic heterocycles. The number of hydrogen-bond acceptors (Lipinski definition) is 3. The molecule has 0 aromatic rings. The third kappa shape index (κ3) is 4.25. The van der Waals surface area contributed by atoms with E-state index in [-0.39, 0.29) is 5.91 Å². The summed E-state index contributed by atoms with van der Waals surface area (Å²) in [7, 11) is 0. The first kappa shape index (κ1) is 13.8. The molecule has 4 heteroatoms. The van der Waals surface area contributed by atoms with Crippen LogP contribution in [0.25, 0.3) is 0 Å². The fraction of sp³-hybridized carbons (Fsp3) is 0.929.